The van der Waals surface area contributed by atoms with Crippen molar-refractivity contribution >= 4 is 5.97 Å². The van der Waals surface area contributed by atoms with Gasteiger partial charge in [0.2, 0.25) is 5.82 Å². The number of hydrogen-bond donors (Lipinski definition) is 0. The van der Waals surface area contributed by atoms with Crippen LogP contribution < -0.4 is 4.74 Å². The molecule has 0 heterocycles. The molecule has 0 radical (unpaired) electrons. The maximum Gasteiger partial charge on any atom is 0.338 e. The minimum absolute atomic E-state index is 0.00623. The van der Waals surface area contributed by atoms with Crippen molar-refractivity contribution < 1.29 is 31.8 Å². The molecule has 2 aliphatic rings. The van der Waals surface area contributed by atoms with Crippen LogP contribution in [-0.4, -0.2) is 18.7 Å². The van der Waals surface area contributed by atoms with Crippen LogP contribution in [0.4, 0.5) is 17.6 Å². The Bertz CT molecular complexity index is 1460. The molecular weight excluding hydrogens is 592 g/mol. The van der Waals surface area contributed by atoms with E-state index in [1.807, 2.05) is 13.8 Å². The molecule has 7 heteroatoms. The van der Waals surface area contributed by atoms with Gasteiger partial charge < -0.3 is 9.47 Å². The van der Waals surface area contributed by atoms with Crippen molar-refractivity contribution in [1.82, 2.24) is 0 Å². The molecule has 0 amide bonds. The zero-order chi connectivity index (χ0) is 32.6. The first kappa shape index (κ1) is 34.0. The van der Waals surface area contributed by atoms with E-state index >= 15 is 0 Å². The molecule has 248 valence electrons. The van der Waals surface area contributed by atoms with E-state index in [4.69, 9.17) is 9.47 Å². The third-order valence-electron chi connectivity index (χ3n) is 10.1. The average molecular weight is 639 g/mol. The van der Waals surface area contributed by atoms with Gasteiger partial charge >= 0.3 is 5.97 Å². The van der Waals surface area contributed by atoms with Crippen molar-refractivity contribution in [2.24, 2.45) is 11.8 Å². The first-order valence-corrected chi connectivity index (χ1v) is 17.2. The van der Waals surface area contributed by atoms with E-state index in [0.29, 0.717) is 47.1 Å². The number of carbonyl (C=O) groups is 1. The summed E-state index contributed by atoms with van der Waals surface area (Å²) in [5.41, 5.74) is 1.90. The SMILES string of the molecule is CCCCOc1ccc(C2CCC(C3CCC(OC(=O)c4ccc(-c5ccc(CCCC)c(F)c5F)cc4)CC3)CC2)c(F)c1F. The summed E-state index contributed by atoms with van der Waals surface area (Å²) in [6.07, 6.45) is 10.9. The van der Waals surface area contributed by atoms with Crippen molar-refractivity contribution in [3.05, 3.63) is 88.5 Å². The molecule has 3 nitrogen and oxygen atoms in total. The summed E-state index contributed by atoms with van der Waals surface area (Å²) >= 11 is 0. The van der Waals surface area contributed by atoms with Crippen LogP contribution in [0, 0.1) is 35.1 Å². The number of carbonyl (C=O) groups excluding carboxylic acids is 1. The second-order valence-corrected chi connectivity index (χ2v) is 13.1. The topological polar surface area (TPSA) is 35.5 Å². The molecule has 3 aromatic rings. The first-order valence-electron chi connectivity index (χ1n) is 17.2. The molecule has 5 rings (SSSR count). The van der Waals surface area contributed by atoms with Crippen LogP contribution in [0.2, 0.25) is 0 Å². The van der Waals surface area contributed by atoms with E-state index < -0.39 is 29.2 Å². The monoisotopic (exact) mass is 638 g/mol. The van der Waals surface area contributed by atoms with Crippen molar-refractivity contribution in [2.75, 3.05) is 6.61 Å². The zero-order valence-corrected chi connectivity index (χ0v) is 27.1. The summed E-state index contributed by atoms with van der Waals surface area (Å²) in [4.78, 5) is 12.9. The Kier molecular flexibility index (Phi) is 11.8. The van der Waals surface area contributed by atoms with Crippen LogP contribution in [0.5, 0.6) is 5.75 Å². The summed E-state index contributed by atoms with van der Waals surface area (Å²) in [7, 11) is 0. The fraction of sp³-hybridized carbons (Fsp3) is 0.513. The molecule has 46 heavy (non-hydrogen) atoms. The Labute approximate surface area is 270 Å². The smallest absolute Gasteiger partial charge is 0.338 e. The van der Waals surface area contributed by atoms with Crippen LogP contribution >= 0.6 is 0 Å². The van der Waals surface area contributed by atoms with Gasteiger partial charge in [-0.05, 0) is 123 Å². The van der Waals surface area contributed by atoms with E-state index in [1.54, 1.807) is 48.5 Å². The van der Waals surface area contributed by atoms with Crippen molar-refractivity contribution in [3.63, 3.8) is 0 Å². The summed E-state index contributed by atoms with van der Waals surface area (Å²) < 4.78 is 70.2. The molecule has 0 bridgehead atoms. The van der Waals surface area contributed by atoms with Crippen molar-refractivity contribution in [2.45, 2.75) is 109 Å². The fourth-order valence-corrected chi connectivity index (χ4v) is 7.26. The van der Waals surface area contributed by atoms with E-state index in [9.17, 15) is 22.4 Å². The molecule has 0 unspecified atom stereocenters. The maximum absolute atomic E-state index is 14.9. The van der Waals surface area contributed by atoms with E-state index in [2.05, 4.69) is 0 Å². The van der Waals surface area contributed by atoms with Gasteiger partial charge in [0.1, 0.15) is 6.10 Å². The lowest BCUT2D eigenvalue weighted by molar-refractivity contribution is 0.0115. The van der Waals surface area contributed by atoms with Gasteiger partial charge in [-0.2, -0.15) is 4.39 Å². The van der Waals surface area contributed by atoms with Gasteiger partial charge in [-0.15, -0.1) is 0 Å². The largest absolute Gasteiger partial charge is 0.490 e. The number of hydrogen-bond acceptors (Lipinski definition) is 3. The van der Waals surface area contributed by atoms with E-state index in [0.717, 1.165) is 77.0 Å². The Morgan fingerprint density at radius 1 is 0.696 bits per heavy atom. The van der Waals surface area contributed by atoms with E-state index in [1.165, 1.54) is 0 Å². The van der Waals surface area contributed by atoms with Crippen LogP contribution in [0.1, 0.15) is 118 Å². The lowest BCUT2D eigenvalue weighted by Gasteiger charge is -2.37. The number of ether oxygens (including phenoxy) is 2. The summed E-state index contributed by atoms with van der Waals surface area (Å²) in [6.45, 7) is 4.41. The maximum atomic E-state index is 14.9. The fourth-order valence-electron chi connectivity index (χ4n) is 7.26. The predicted molar refractivity (Wildman–Crippen MR) is 173 cm³/mol. The molecular formula is C39H46F4O3. The van der Waals surface area contributed by atoms with Gasteiger partial charge in [-0.25, -0.2) is 18.0 Å². The molecule has 0 aliphatic heterocycles. The highest BCUT2D eigenvalue weighted by atomic mass is 19.2. The van der Waals surface area contributed by atoms with Crippen molar-refractivity contribution in [3.8, 4) is 16.9 Å². The Morgan fingerprint density at radius 3 is 2.00 bits per heavy atom. The highest BCUT2D eigenvalue weighted by Gasteiger charge is 2.33. The Hall–Kier alpha value is -3.35. The summed E-state index contributed by atoms with van der Waals surface area (Å²) in [5, 5.41) is 0. The van der Waals surface area contributed by atoms with Gasteiger partial charge in [0.15, 0.2) is 23.2 Å². The molecule has 3 aromatic carbocycles. The minimum Gasteiger partial charge on any atom is -0.490 e. The second-order valence-electron chi connectivity index (χ2n) is 13.1. The molecule has 0 spiro atoms. The first-order chi connectivity index (χ1) is 22.3. The average Bonchev–Trinajstić information content (AvgIpc) is 3.08. The lowest BCUT2D eigenvalue weighted by atomic mass is 9.69. The van der Waals surface area contributed by atoms with Crippen LogP contribution in [0.15, 0.2) is 48.5 Å². The Morgan fingerprint density at radius 2 is 1.35 bits per heavy atom. The van der Waals surface area contributed by atoms with Gasteiger partial charge in [0.05, 0.1) is 12.2 Å². The third-order valence-corrected chi connectivity index (χ3v) is 10.1. The van der Waals surface area contributed by atoms with Crippen LogP contribution in [0.3, 0.4) is 0 Å². The highest BCUT2D eigenvalue weighted by molar-refractivity contribution is 5.90. The molecule has 2 fully saturated rings. The standard InChI is InChI=1S/C39H46F4O3/c1-3-5-7-29-18-21-32(36(41)35(29)40)28-12-14-30(15-13-28)39(44)46-31-19-16-26(17-20-31)25-8-10-27(11-9-25)33-22-23-34(38(43)37(33)42)45-24-6-4-2/h12-15,18,21-23,25-27,31H,3-11,16-17,19-20,24H2,1-2H3. The number of rotatable bonds is 12. The number of esters is 1. The lowest BCUT2D eigenvalue weighted by Crippen LogP contribution is -2.29. The summed E-state index contributed by atoms with van der Waals surface area (Å²) in [5.74, 6) is -2.65. The van der Waals surface area contributed by atoms with Crippen LogP contribution in [-0.2, 0) is 11.2 Å². The Balaban J connectivity index is 1.08. The van der Waals surface area contributed by atoms with Gasteiger partial charge in [0, 0.05) is 5.56 Å². The number of unbranched alkanes of at least 4 members (excludes halogenated alkanes) is 2. The number of halogens is 4. The molecule has 2 aliphatic carbocycles. The second kappa shape index (κ2) is 16.0. The number of aryl methyl sites for hydroxylation is 1. The third kappa shape index (κ3) is 7.95. The molecule has 2 saturated carbocycles. The summed E-state index contributed by atoms with van der Waals surface area (Å²) in [6, 6.07) is 13.0. The van der Waals surface area contributed by atoms with Crippen LogP contribution in [0.25, 0.3) is 11.1 Å². The van der Waals surface area contributed by atoms with E-state index in [-0.39, 0.29) is 23.3 Å². The van der Waals surface area contributed by atoms with Gasteiger partial charge in [-0.3, -0.25) is 0 Å². The zero-order valence-electron chi connectivity index (χ0n) is 27.1. The van der Waals surface area contributed by atoms with Crippen molar-refractivity contribution in [1.29, 1.82) is 0 Å². The molecule has 0 atom stereocenters. The quantitative estimate of drug-likeness (QED) is 0.112. The number of benzene rings is 3. The minimum atomic E-state index is -0.878. The highest BCUT2D eigenvalue weighted by Crippen LogP contribution is 2.44. The molecule has 0 aromatic heterocycles. The predicted octanol–water partition coefficient (Wildman–Crippen LogP) is 11.1. The van der Waals surface area contributed by atoms with Gasteiger partial charge in [-0.1, -0.05) is 57.0 Å². The van der Waals surface area contributed by atoms with Gasteiger partial charge in [0.25, 0.3) is 0 Å². The molecule has 0 N–H and O–H groups in total. The molecule has 0 saturated heterocycles. The normalized spacial score (nSPS) is 21.6.